The molecule has 2 nitrogen and oxygen atoms in total. The first-order chi connectivity index (χ1) is 6.50. The monoisotopic (exact) mass is 227 g/mol. The van der Waals surface area contributed by atoms with E-state index in [-0.39, 0.29) is 21.9 Å². The van der Waals surface area contributed by atoms with Gasteiger partial charge in [0.2, 0.25) is 0 Å². The van der Waals surface area contributed by atoms with Crippen LogP contribution in [0.5, 0.6) is 0 Å². The number of hydrogen-bond donors (Lipinski definition) is 0. The molecule has 0 N–H and O–H groups in total. The lowest BCUT2D eigenvalue weighted by Crippen LogP contribution is -2.45. The Labute approximate surface area is 96.9 Å². The molecule has 0 aliphatic carbocycles. The minimum Gasteiger partial charge on any atom is -0.150 e. The number of nitroso groups, excluding NO2 is 1. The Hall–Kier alpha value is -0.443. The van der Waals surface area contributed by atoms with E-state index < -0.39 is 0 Å². The molecule has 2 unspecified atom stereocenters. The van der Waals surface area contributed by atoms with Crippen LogP contribution < -0.4 is 0 Å². The minimum absolute atomic E-state index is 0.0266. The van der Waals surface area contributed by atoms with Crippen molar-refractivity contribution < 1.29 is 0 Å². The van der Waals surface area contributed by atoms with Gasteiger partial charge in [-0.2, -0.15) is 4.91 Å². The lowest BCUT2D eigenvalue weighted by molar-refractivity contribution is 0.132. The molecule has 0 aliphatic heterocycles. The number of rotatable bonds is 4. The fourth-order valence-electron chi connectivity index (χ4n) is 1.99. The quantitative estimate of drug-likeness (QED) is 0.412. The molecule has 0 spiro atoms. The molecule has 0 saturated carbocycles. The standard InChI is InChI=1S/C12H25NOSi/c1-8-12(7,15)11(5,6)9(13-14)10(2,3)4/h8-9H,1H2,2-7,15H3. The lowest BCUT2D eigenvalue weighted by atomic mass is 9.65. The fraction of sp³-hybridized carbons (Fsp3) is 0.833. The van der Waals surface area contributed by atoms with Crippen molar-refractivity contribution in [2.24, 2.45) is 16.0 Å². The van der Waals surface area contributed by atoms with Crippen LogP contribution >= 0.6 is 0 Å². The Morgan fingerprint density at radius 1 is 1.20 bits per heavy atom. The van der Waals surface area contributed by atoms with Gasteiger partial charge in [-0.3, -0.25) is 0 Å². The first-order valence-electron chi connectivity index (χ1n) is 5.47. The van der Waals surface area contributed by atoms with E-state index in [1.54, 1.807) is 0 Å². The van der Waals surface area contributed by atoms with Crippen molar-refractivity contribution in [2.45, 2.75) is 52.6 Å². The fourth-order valence-corrected chi connectivity index (χ4v) is 2.26. The Balaban J connectivity index is 5.33. The highest BCUT2D eigenvalue weighted by molar-refractivity contribution is 6.17. The van der Waals surface area contributed by atoms with Crippen LogP contribution in [0.2, 0.25) is 5.04 Å². The van der Waals surface area contributed by atoms with Crippen LogP contribution in [0.1, 0.15) is 41.5 Å². The summed E-state index contributed by atoms with van der Waals surface area (Å²) in [5.41, 5.74) is -0.235. The predicted octanol–water partition coefficient (Wildman–Crippen LogP) is 2.92. The van der Waals surface area contributed by atoms with E-state index in [0.717, 1.165) is 10.2 Å². The average molecular weight is 227 g/mol. The van der Waals surface area contributed by atoms with Gasteiger partial charge in [-0.25, -0.2) is 0 Å². The zero-order valence-electron chi connectivity index (χ0n) is 11.2. The summed E-state index contributed by atoms with van der Waals surface area (Å²) in [6, 6.07) is -0.189. The van der Waals surface area contributed by atoms with Crippen molar-refractivity contribution in [1.82, 2.24) is 0 Å². The van der Waals surface area contributed by atoms with Crippen LogP contribution in [0.4, 0.5) is 0 Å². The molecule has 0 radical (unpaired) electrons. The first-order valence-corrected chi connectivity index (χ1v) is 6.47. The van der Waals surface area contributed by atoms with Crippen molar-refractivity contribution in [2.75, 3.05) is 0 Å². The van der Waals surface area contributed by atoms with E-state index in [0.29, 0.717) is 0 Å². The normalized spacial score (nSPS) is 19.3. The van der Waals surface area contributed by atoms with Gasteiger partial charge < -0.3 is 0 Å². The maximum absolute atomic E-state index is 11.1. The molecule has 0 aromatic carbocycles. The summed E-state index contributed by atoms with van der Waals surface area (Å²) in [7, 11) is 0.976. The van der Waals surface area contributed by atoms with Gasteiger partial charge in [-0.05, 0) is 15.9 Å². The lowest BCUT2D eigenvalue weighted by Gasteiger charge is -2.47. The predicted molar refractivity (Wildman–Crippen MR) is 71.3 cm³/mol. The van der Waals surface area contributed by atoms with Crippen LogP contribution in [0, 0.1) is 15.7 Å². The molecule has 15 heavy (non-hydrogen) atoms. The average Bonchev–Trinajstić information content (AvgIpc) is 2.01. The summed E-state index contributed by atoms with van der Waals surface area (Å²) in [5, 5.41) is 3.40. The van der Waals surface area contributed by atoms with Crippen LogP contribution in [-0.2, 0) is 0 Å². The zero-order valence-corrected chi connectivity index (χ0v) is 13.2. The summed E-state index contributed by atoms with van der Waals surface area (Å²) in [4.78, 5) is 11.1. The van der Waals surface area contributed by atoms with Gasteiger partial charge in [-0.1, -0.05) is 52.8 Å². The number of hydrogen-bond acceptors (Lipinski definition) is 2. The molecular weight excluding hydrogens is 202 g/mol. The Morgan fingerprint density at radius 3 is 1.80 bits per heavy atom. The van der Waals surface area contributed by atoms with E-state index in [2.05, 4.69) is 53.3 Å². The van der Waals surface area contributed by atoms with Crippen LogP contribution in [0.15, 0.2) is 17.8 Å². The number of allylic oxidation sites excluding steroid dienone is 1. The van der Waals surface area contributed by atoms with Gasteiger partial charge in [0.25, 0.3) is 0 Å². The molecule has 88 valence electrons. The Morgan fingerprint density at radius 2 is 1.60 bits per heavy atom. The molecule has 0 saturated heterocycles. The highest BCUT2D eigenvalue weighted by Crippen LogP contribution is 2.51. The third-order valence-corrected chi connectivity index (χ3v) is 5.48. The van der Waals surface area contributed by atoms with Crippen molar-refractivity contribution >= 4 is 10.2 Å². The highest BCUT2D eigenvalue weighted by atomic mass is 28.1. The molecule has 0 amide bonds. The molecule has 2 atom stereocenters. The summed E-state index contributed by atoms with van der Waals surface area (Å²) in [5.74, 6) is 0. The maximum atomic E-state index is 11.1. The van der Waals surface area contributed by atoms with Crippen molar-refractivity contribution in [3.63, 3.8) is 0 Å². The minimum atomic E-state index is -0.189. The third kappa shape index (κ3) is 2.77. The van der Waals surface area contributed by atoms with E-state index >= 15 is 0 Å². The van der Waals surface area contributed by atoms with Gasteiger partial charge in [0.05, 0.1) is 0 Å². The molecule has 0 rings (SSSR count). The third-order valence-electron chi connectivity index (χ3n) is 3.78. The molecule has 0 heterocycles. The van der Waals surface area contributed by atoms with E-state index in [9.17, 15) is 4.91 Å². The van der Waals surface area contributed by atoms with Crippen molar-refractivity contribution in [3.8, 4) is 0 Å². The van der Waals surface area contributed by atoms with Crippen LogP contribution in [0.3, 0.4) is 0 Å². The van der Waals surface area contributed by atoms with Gasteiger partial charge in [0.15, 0.2) is 0 Å². The van der Waals surface area contributed by atoms with Crippen molar-refractivity contribution in [1.29, 1.82) is 0 Å². The van der Waals surface area contributed by atoms with Crippen LogP contribution in [-0.4, -0.2) is 16.3 Å². The molecule has 0 aliphatic rings. The van der Waals surface area contributed by atoms with E-state index in [1.807, 2.05) is 6.08 Å². The molecule has 0 aromatic heterocycles. The molecular formula is C12H25NOSi. The van der Waals surface area contributed by atoms with E-state index in [4.69, 9.17) is 0 Å². The SMILES string of the molecule is C=CC(C)([SiH3])C(C)(C)C(N=O)C(C)(C)C. The van der Waals surface area contributed by atoms with Gasteiger partial charge >= 0.3 is 0 Å². The summed E-state index contributed by atoms with van der Waals surface area (Å²) < 4.78 is 0. The second-order valence-electron chi connectivity index (χ2n) is 6.52. The Kier molecular flexibility index (Phi) is 4.08. The van der Waals surface area contributed by atoms with Crippen LogP contribution in [0.25, 0.3) is 0 Å². The number of nitrogens with zero attached hydrogens (tertiary/aromatic N) is 1. The molecule has 0 aromatic rings. The topological polar surface area (TPSA) is 29.4 Å². The smallest absolute Gasteiger partial charge is 0.102 e. The summed E-state index contributed by atoms with van der Waals surface area (Å²) in [6.07, 6.45) is 1.98. The largest absolute Gasteiger partial charge is 0.150 e. The molecule has 0 fully saturated rings. The summed E-state index contributed by atoms with van der Waals surface area (Å²) >= 11 is 0. The molecule has 0 bridgehead atoms. The van der Waals surface area contributed by atoms with Gasteiger partial charge in [0.1, 0.15) is 6.04 Å². The Bertz CT molecular complexity index is 251. The second-order valence-corrected chi connectivity index (χ2v) is 8.60. The van der Waals surface area contributed by atoms with Gasteiger partial charge in [-0.15, -0.1) is 6.58 Å². The van der Waals surface area contributed by atoms with Gasteiger partial charge in [0, 0.05) is 10.2 Å². The van der Waals surface area contributed by atoms with Crippen molar-refractivity contribution in [3.05, 3.63) is 17.6 Å². The van der Waals surface area contributed by atoms with E-state index in [1.165, 1.54) is 0 Å². The zero-order chi connectivity index (χ0) is 12.5. The highest BCUT2D eigenvalue weighted by Gasteiger charge is 2.47. The molecule has 3 heteroatoms. The second kappa shape index (κ2) is 4.20. The maximum Gasteiger partial charge on any atom is 0.102 e. The summed E-state index contributed by atoms with van der Waals surface area (Å²) in [6.45, 7) is 16.5. The first kappa shape index (κ1) is 14.6.